The van der Waals surface area contributed by atoms with Gasteiger partial charge >= 0.3 is 11.9 Å². The van der Waals surface area contributed by atoms with Crippen LogP contribution in [-0.4, -0.2) is 39.5 Å². The van der Waals surface area contributed by atoms with Gasteiger partial charge in [0, 0.05) is 11.5 Å². The number of allylic oxidation sites excluding steroid dienone is 2. The lowest BCUT2D eigenvalue weighted by atomic mass is 9.33. The van der Waals surface area contributed by atoms with Gasteiger partial charge < -0.3 is 20.1 Å². The second-order valence-electron chi connectivity index (χ2n) is 17.0. The minimum absolute atomic E-state index is 0.0143. The molecule has 0 amide bonds. The number of hydrogen-bond acceptors (Lipinski definition) is 5. The van der Waals surface area contributed by atoms with Gasteiger partial charge in [-0.2, -0.15) is 0 Å². The number of aromatic hydroxyl groups is 1. The Kier molecular flexibility index (Phi) is 7.70. The minimum Gasteiger partial charge on any atom is -0.508 e. The van der Waals surface area contributed by atoms with E-state index in [0.717, 1.165) is 50.5 Å². The molecule has 6 heteroatoms. The molecular formula is C39H54O6. The number of fused-ring (bicyclic) bond motifs is 7. The fourth-order valence-electron chi connectivity index (χ4n) is 12.1. The van der Waals surface area contributed by atoms with E-state index in [1.54, 1.807) is 30.3 Å². The van der Waals surface area contributed by atoms with Crippen molar-refractivity contribution < 1.29 is 29.6 Å². The number of esters is 1. The lowest BCUT2D eigenvalue weighted by molar-refractivity contribution is -0.238. The van der Waals surface area contributed by atoms with Crippen molar-refractivity contribution >= 4 is 18.0 Å². The predicted octanol–water partition coefficient (Wildman–Crippen LogP) is 8.03. The molecule has 11 atom stereocenters. The van der Waals surface area contributed by atoms with Crippen LogP contribution in [0.4, 0.5) is 0 Å². The Morgan fingerprint density at radius 3 is 2.29 bits per heavy atom. The lowest BCUT2D eigenvalue weighted by Crippen LogP contribution is -2.67. The van der Waals surface area contributed by atoms with E-state index in [2.05, 4.69) is 54.5 Å². The van der Waals surface area contributed by atoms with Gasteiger partial charge in [0.05, 0.1) is 11.5 Å². The van der Waals surface area contributed by atoms with E-state index in [4.69, 9.17) is 4.74 Å². The summed E-state index contributed by atoms with van der Waals surface area (Å²) in [5, 5.41) is 32.0. The molecule has 246 valence electrons. The molecule has 0 radical (unpaired) electrons. The van der Waals surface area contributed by atoms with Gasteiger partial charge in [-0.05, 0) is 121 Å². The second-order valence-corrected chi connectivity index (χ2v) is 17.0. The first kappa shape index (κ1) is 32.3. The van der Waals surface area contributed by atoms with Gasteiger partial charge in [0.2, 0.25) is 0 Å². The third-order valence-electron chi connectivity index (χ3n) is 14.9. The van der Waals surface area contributed by atoms with Crippen molar-refractivity contribution in [1.82, 2.24) is 0 Å². The van der Waals surface area contributed by atoms with Crippen LogP contribution in [-0.2, 0) is 14.3 Å². The Bertz CT molecular complexity index is 1410. The smallest absolute Gasteiger partial charge is 0.331 e. The standard InChI is InChI=1S/C39H54O6/c1-23-16-19-39(34(43)44)21-20-37(6)27(32(39)24(23)2)13-14-30-36(5)22-28(41)33(35(3,4)29(36)17-18-38(30,37)7)45-31(42)15-10-25-8-11-26(40)12-9-25/h8-13,15,23-24,28-30,32-33,40-41H,14,16-22H2,1-7H3,(H,43,44)/b15-10+/t23-,24+,28-,29+,30-,32+,33+,36+,37-,38-,39+/m1/s1. The van der Waals surface area contributed by atoms with Crippen LogP contribution in [0.1, 0.15) is 105 Å². The maximum atomic E-state index is 13.0. The first-order chi connectivity index (χ1) is 21.0. The maximum Gasteiger partial charge on any atom is 0.331 e. The number of benzene rings is 1. The number of aliphatic carboxylic acids is 1. The Labute approximate surface area is 269 Å². The van der Waals surface area contributed by atoms with Crippen molar-refractivity contribution in [3.8, 4) is 5.75 Å². The fourth-order valence-corrected chi connectivity index (χ4v) is 12.1. The van der Waals surface area contributed by atoms with E-state index in [0.29, 0.717) is 24.2 Å². The van der Waals surface area contributed by atoms with E-state index in [-0.39, 0.29) is 33.8 Å². The summed E-state index contributed by atoms with van der Waals surface area (Å²) >= 11 is 0. The van der Waals surface area contributed by atoms with Crippen LogP contribution in [0.15, 0.2) is 42.0 Å². The van der Waals surface area contributed by atoms with Gasteiger partial charge in [0.1, 0.15) is 11.9 Å². The lowest BCUT2D eigenvalue weighted by Gasteiger charge is -2.71. The average Bonchev–Trinajstić information content (AvgIpc) is 2.97. The van der Waals surface area contributed by atoms with Crippen LogP contribution in [0.2, 0.25) is 0 Å². The first-order valence-corrected chi connectivity index (χ1v) is 17.3. The summed E-state index contributed by atoms with van der Waals surface area (Å²) in [4.78, 5) is 26.0. The fraction of sp³-hybridized carbons (Fsp3) is 0.692. The highest BCUT2D eigenvalue weighted by Gasteiger charge is 2.70. The van der Waals surface area contributed by atoms with Gasteiger partial charge in [-0.25, -0.2) is 4.79 Å². The van der Waals surface area contributed by atoms with Crippen LogP contribution in [0, 0.1) is 56.7 Å². The Hall–Kier alpha value is -2.60. The number of aliphatic hydroxyl groups is 1. The van der Waals surface area contributed by atoms with E-state index < -0.39 is 35.0 Å². The van der Waals surface area contributed by atoms with E-state index in [1.165, 1.54) is 11.6 Å². The van der Waals surface area contributed by atoms with Crippen LogP contribution in [0.25, 0.3) is 6.08 Å². The maximum absolute atomic E-state index is 13.0. The largest absolute Gasteiger partial charge is 0.508 e. The van der Waals surface area contributed by atoms with E-state index >= 15 is 0 Å². The molecule has 6 rings (SSSR count). The average molecular weight is 619 g/mol. The summed E-state index contributed by atoms with van der Waals surface area (Å²) in [6.45, 7) is 16.2. The summed E-state index contributed by atoms with van der Waals surface area (Å²) in [7, 11) is 0. The molecule has 1 aromatic rings. The van der Waals surface area contributed by atoms with Gasteiger partial charge in [0.15, 0.2) is 0 Å². The molecule has 3 N–H and O–H groups in total. The molecule has 0 unspecified atom stereocenters. The summed E-state index contributed by atoms with van der Waals surface area (Å²) in [5.74, 6) is 0.617. The number of carboxylic acid groups (broad SMARTS) is 1. The van der Waals surface area contributed by atoms with Crippen molar-refractivity contribution in [1.29, 1.82) is 0 Å². The molecule has 6 nitrogen and oxygen atoms in total. The summed E-state index contributed by atoms with van der Waals surface area (Å²) < 4.78 is 6.05. The molecule has 1 aromatic carbocycles. The summed E-state index contributed by atoms with van der Waals surface area (Å²) in [6.07, 6.45) is 11.1. The number of carboxylic acids is 1. The normalized spacial score (nSPS) is 45.3. The molecule has 5 aliphatic rings. The summed E-state index contributed by atoms with van der Waals surface area (Å²) in [6, 6.07) is 6.62. The Balaban J connectivity index is 1.29. The number of phenols is 1. The molecule has 0 saturated heterocycles. The molecule has 4 saturated carbocycles. The zero-order valence-electron chi connectivity index (χ0n) is 28.3. The summed E-state index contributed by atoms with van der Waals surface area (Å²) in [5.41, 5.74) is 0.857. The van der Waals surface area contributed by atoms with Gasteiger partial charge in [-0.3, -0.25) is 4.79 Å². The topological polar surface area (TPSA) is 104 Å². The number of hydrogen-bond donors (Lipinski definition) is 3. The monoisotopic (exact) mass is 618 g/mol. The Morgan fingerprint density at radius 1 is 0.933 bits per heavy atom. The molecule has 0 spiro atoms. The highest BCUT2D eigenvalue weighted by molar-refractivity contribution is 5.87. The molecule has 0 bridgehead atoms. The van der Waals surface area contributed by atoms with Crippen molar-refractivity contribution in [2.45, 2.75) is 112 Å². The van der Waals surface area contributed by atoms with Crippen molar-refractivity contribution in [3.63, 3.8) is 0 Å². The molecule has 45 heavy (non-hydrogen) atoms. The zero-order chi connectivity index (χ0) is 32.7. The van der Waals surface area contributed by atoms with E-state index in [9.17, 15) is 24.9 Å². The molecule has 0 heterocycles. The minimum atomic E-state index is -0.780. The van der Waals surface area contributed by atoms with Crippen molar-refractivity contribution in [3.05, 3.63) is 47.6 Å². The van der Waals surface area contributed by atoms with Crippen molar-refractivity contribution in [2.24, 2.45) is 56.7 Å². The first-order valence-electron chi connectivity index (χ1n) is 17.3. The number of rotatable bonds is 4. The molecule has 4 fully saturated rings. The van der Waals surface area contributed by atoms with Crippen LogP contribution < -0.4 is 0 Å². The van der Waals surface area contributed by atoms with Gasteiger partial charge in [-0.15, -0.1) is 0 Å². The molecular weight excluding hydrogens is 564 g/mol. The number of carbonyl (C=O) groups is 2. The third-order valence-corrected chi connectivity index (χ3v) is 14.9. The Morgan fingerprint density at radius 2 is 1.62 bits per heavy atom. The quantitative estimate of drug-likeness (QED) is 0.179. The predicted molar refractivity (Wildman–Crippen MR) is 175 cm³/mol. The number of carbonyl (C=O) groups excluding carboxylic acids is 1. The number of phenolic OH excluding ortho intramolecular Hbond substituents is 1. The van der Waals surface area contributed by atoms with Gasteiger partial charge in [-0.1, -0.05) is 72.2 Å². The number of ether oxygens (including phenoxy) is 1. The van der Waals surface area contributed by atoms with Gasteiger partial charge in [0.25, 0.3) is 0 Å². The van der Waals surface area contributed by atoms with Crippen LogP contribution >= 0.6 is 0 Å². The molecule has 5 aliphatic carbocycles. The van der Waals surface area contributed by atoms with Crippen LogP contribution in [0.3, 0.4) is 0 Å². The highest BCUT2D eigenvalue weighted by atomic mass is 16.6. The molecule has 0 aliphatic heterocycles. The molecule has 0 aromatic heterocycles. The zero-order valence-corrected chi connectivity index (χ0v) is 28.3. The number of aliphatic hydroxyl groups excluding tert-OH is 1. The van der Waals surface area contributed by atoms with E-state index in [1.807, 2.05) is 0 Å². The highest BCUT2D eigenvalue weighted by Crippen LogP contribution is 2.75. The SMILES string of the molecule is C[C@H]1[C@H](C)CC[C@]2(C(=O)O)CC[C@]3(C)C(=CC[C@@H]4[C@@]5(C)C[C@@H](O)[C@H](OC(=O)/C=C/c6ccc(O)cc6)C(C)(C)[C@@H]5CC[C@]43C)[C@H]12. The second kappa shape index (κ2) is 10.7. The third kappa shape index (κ3) is 4.58. The van der Waals surface area contributed by atoms with Crippen molar-refractivity contribution in [2.75, 3.05) is 0 Å². The van der Waals surface area contributed by atoms with Crippen LogP contribution in [0.5, 0.6) is 5.75 Å².